The van der Waals surface area contributed by atoms with Crippen molar-refractivity contribution >= 4 is 58.6 Å². The molecule has 1 aromatic rings. The van der Waals surface area contributed by atoms with Gasteiger partial charge in [0.2, 0.25) is 0 Å². The van der Waals surface area contributed by atoms with Crippen LogP contribution in [0.3, 0.4) is 0 Å². The Balaban J connectivity index is 2.11. The van der Waals surface area contributed by atoms with Crippen LogP contribution < -0.4 is 0 Å². The van der Waals surface area contributed by atoms with E-state index in [1.807, 2.05) is 12.3 Å². The Labute approximate surface area is 188 Å². The minimum Gasteiger partial charge on any atom is -0.468 e. The molecule has 2 aliphatic rings. The molecule has 30 heavy (non-hydrogen) atoms. The minimum absolute atomic E-state index is 0.142. The molecule has 1 unspecified atom stereocenters. The summed E-state index contributed by atoms with van der Waals surface area (Å²) in [7, 11) is 2.28. The van der Waals surface area contributed by atoms with Gasteiger partial charge in [-0.2, -0.15) is 11.8 Å². The SMILES string of the molecule is COC(=O)C(C(=O)OC)C1=C(C(=O)c2ccc3c(c2Cl)CC(SC)S3)C(=O)CCC1. The zero-order valence-electron chi connectivity index (χ0n) is 16.8. The van der Waals surface area contributed by atoms with Gasteiger partial charge in [0.1, 0.15) is 0 Å². The number of hydrogen-bond acceptors (Lipinski definition) is 8. The number of allylic oxidation sites excluding steroid dienone is 1. The number of benzene rings is 1. The third kappa shape index (κ3) is 4.18. The van der Waals surface area contributed by atoms with E-state index >= 15 is 0 Å². The summed E-state index contributed by atoms with van der Waals surface area (Å²) in [4.78, 5) is 51.8. The van der Waals surface area contributed by atoms with Gasteiger partial charge in [-0.25, -0.2) is 0 Å². The first kappa shape index (κ1) is 22.9. The highest BCUT2D eigenvalue weighted by Gasteiger charge is 2.40. The average molecular weight is 469 g/mol. The summed E-state index contributed by atoms with van der Waals surface area (Å²) in [5, 5.41) is 0.319. The van der Waals surface area contributed by atoms with Crippen LogP contribution in [0.2, 0.25) is 5.02 Å². The van der Waals surface area contributed by atoms with Crippen molar-refractivity contribution in [2.75, 3.05) is 20.5 Å². The van der Waals surface area contributed by atoms with Crippen LogP contribution >= 0.6 is 35.1 Å². The van der Waals surface area contributed by atoms with E-state index in [-0.39, 0.29) is 29.6 Å². The molecule has 0 aromatic heterocycles. The van der Waals surface area contributed by atoms with E-state index in [2.05, 4.69) is 0 Å². The molecule has 1 aromatic carbocycles. The van der Waals surface area contributed by atoms with Crippen LogP contribution in [0.4, 0.5) is 0 Å². The van der Waals surface area contributed by atoms with E-state index in [4.69, 9.17) is 21.1 Å². The molecule has 6 nitrogen and oxygen atoms in total. The number of hydrogen-bond donors (Lipinski definition) is 0. The fourth-order valence-electron chi connectivity index (χ4n) is 3.74. The number of ketones is 2. The predicted octanol–water partition coefficient (Wildman–Crippen LogP) is 3.87. The molecule has 9 heteroatoms. The molecule has 160 valence electrons. The van der Waals surface area contributed by atoms with Gasteiger partial charge in [0.05, 0.1) is 29.4 Å². The number of halogens is 1. The number of carbonyl (C=O) groups is 4. The third-order valence-corrected chi connectivity index (χ3v) is 8.29. The molecule has 0 bridgehead atoms. The summed E-state index contributed by atoms with van der Waals surface area (Å²) in [5.74, 6) is -4.16. The van der Waals surface area contributed by atoms with Gasteiger partial charge in [-0.15, -0.1) is 11.8 Å². The monoisotopic (exact) mass is 468 g/mol. The molecule has 3 rings (SSSR count). The van der Waals surface area contributed by atoms with Crippen LogP contribution in [0.1, 0.15) is 35.2 Å². The lowest BCUT2D eigenvalue weighted by Gasteiger charge is -2.23. The minimum atomic E-state index is -1.45. The van der Waals surface area contributed by atoms with Gasteiger partial charge in [-0.05, 0) is 48.8 Å². The number of Topliss-reactive ketones (excluding diaryl/α,β-unsaturated/α-hetero) is 2. The smallest absolute Gasteiger partial charge is 0.324 e. The zero-order valence-corrected chi connectivity index (χ0v) is 19.2. The molecule has 0 radical (unpaired) electrons. The summed E-state index contributed by atoms with van der Waals surface area (Å²) in [6, 6.07) is 3.44. The van der Waals surface area contributed by atoms with E-state index in [1.165, 1.54) is 0 Å². The number of thioether (sulfide) groups is 2. The molecule has 1 atom stereocenters. The second kappa shape index (κ2) is 9.58. The normalized spacial score (nSPS) is 18.4. The van der Waals surface area contributed by atoms with Crippen molar-refractivity contribution in [3.63, 3.8) is 0 Å². The van der Waals surface area contributed by atoms with Crippen molar-refractivity contribution < 1.29 is 28.7 Å². The largest absolute Gasteiger partial charge is 0.468 e. The fraction of sp³-hybridized carbons (Fsp3) is 0.429. The van der Waals surface area contributed by atoms with Crippen LogP contribution in [-0.2, 0) is 30.3 Å². The maximum absolute atomic E-state index is 13.4. The molecule has 1 aliphatic carbocycles. The van der Waals surface area contributed by atoms with Crippen molar-refractivity contribution in [2.24, 2.45) is 5.92 Å². The fourth-order valence-corrected chi connectivity index (χ4v) is 6.16. The molecule has 1 aliphatic heterocycles. The van der Waals surface area contributed by atoms with Crippen LogP contribution in [0, 0.1) is 5.92 Å². The summed E-state index contributed by atoms with van der Waals surface area (Å²) in [6.07, 6.45) is 3.57. The first-order chi connectivity index (χ1) is 14.3. The number of esters is 2. The molecular weight excluding hydrogens is 448 g/mol. The quantitative estimate of drug-likeness (QED) is 0.269. The highest BCUT2D eigenvalue weighted by molar-refractivity contribution is 8.17. The van der Waals surface area contributed by atoms with Crippen LogP contribution in [-0.4, -0.2) is 48.6 Å². The van der Waals surface area contributed by atoms with Crippen LogP contribution in [0.15, 0.2) is 28.2 Å². The average Bonchev–Trinajstić information content (AvgIpc) is 3.18. The molecule has 1 heterocycles. The van der Waals surface area contributed by atoms with E-state index in [1.54, 1.807) is 29.6 Å². The second-order valence-electron chi connectivity index (χ2n) is 6.88. The van der Waals surface area contributed by atoms with Gasteiger partial charge in [-0.3, -0.25) is 19.2 Å². The number of fused-ring (bicyclic) bond motifs is 1. The molecule has 0 N–H and O–H groups in total. The van der Waals surface area contributed by atoms with Crippen molar-refractivity contribution in [1.82, 2.24) is 0 Å². The molecule has 0 spiro atoms. The molecule has 0 saturated heterocycles. The van der Waals surface area contributed by atoms with Gasteiger partial charge in [-0.1, -0.05) is 11.6 Å². The number of ether oxygens (including phenoxy) is 2. The molecule has 0 amide bonds. The van der Waals surface area contributed by atoms with Gasteiger partial charge in [0.25, 0.3) is 0 Å². The second-order valence-corrected chi connectivity index (χ2v) is 9.84. The summed E-state index contributed by atoms with van der Waals surface area (Å²) in [5.41, 5.74) is 1.07. The summed E-state index contributed by atoms with van der Waals surface area (Å²) >= 11 is 9.99. The van der Waals surface area contributed by atoms with Gasteiger partial charge < -0.3 is 9.47 Å². The lowest BCUT2D eigenvalue weighted by Crippen LogP contribution is -2.33. The van der Waals surface area contributed by atoms with Gasteiger partial charge in [0.15, 0.2) is 17.5 Å². The van der Waals surface area contributed by atoms with Crippen molar-refractivity contribution in [2.45, 2.75) is 35.2 Å². The molecule has 0 saturated carbocycles. The Kier molecular flexibility index (Phi) is 7.31. The highest BCUT2D eigenvalue weighted by atomic mass is 35.5. The number of rotatable bonds is 6. The Bertz CT molecular complexity index is 939. The van der Waals surface area contributed by atoms with Crippen molar-refractivity contribution in [3.8, 4) is 0 Å². The van der Waals surface area contributed by atoms with E-state index < -0.39 is 29.4 Å². The highest BCUT2D eigenvalue weighted by Crippen LogP contribution is 2.46. The first-order valence-electron chi connectivity index (χ1n) is 9.31. The number of carbonyl (C=O) groups excluding carboxylic acids is 4. The first-order valence-corrected chi connectivity index (χ1v) is 11.9. The van der Waals surface area contributed by atoms with Gasteiger partial charge >= 0.3 is 11.9 Å². The Hall–Kier alpha value is -1.77. The standard InChI is InChI=1S/C21H21ClO6S2/c1-27-20(25)17(21(26)28-2)10-5-4-6-13(23)16(10)19(24)11-7-8-14-12(18(11)22)9-15(29-3)30-14/h7-8,15,17H,4-6,9H2,1-3H3. The van der Waals surface area contributed by atoms with Crippen LogP contribution in [0.25, 0.3) is 0 Å². The van der Waals surface area contributed by atoms with E-state index in [0.717, 1.165) is 24.7 Å². The summed E-state index contributed by atoms with van der Waals surface area (Å²) in [6.45, 7) is 0. The van der Waals surface area contributed by atoms with Crippen molar-refractivity contribution in [3.05, 3.63) is 39.4 Å². The predicted molar refractivity (Wildman–Crippen MR) is 116 cm³/mol. The zero-order chi connectivity index (χ0) is 22.0. The molecular formula is C21H21ClO6S2. The maximum atomic E-state index is 13.4. The Morgan fingerprint density at radius 2 is 1.83 bits per heavy atom. The van der Waals surface area contributed by atoms with Gasteiger partial charge in [0, 0.05) is 16.9 Å². The lowest BCUT2D eigenvalue weighted by molar-refractivity contribution is -0.156. The Morgan fingerprint density at radius 1 is 1.17 bits per heavy atom. The maximum Gasteiger partial charge on any atom is 0.324 e. The third-order valence-electron chi connectivity index (χ3n) is 5.24. The number of methoxy groups -OCH3 is 2. The van der Waals surface area contributed by atoms with E-state index in [0.29, 0.717) is 22.4 Å². The Morgan fingerprint density at radius 3 is 2.43 bits per heavy atom. The van der Waals surface area contributed by atoms with E-state index in [9.17, 15) is 19.2 Å². The van der Waals surface area contributed by atoms with Crippen molar-refractivity contribution in [1.29, 1.82) is 0 Å². The molecule has 0 fully saturated rings. The summed E-state index contributed by atoms with van der Waals surface area (Å²) < 4.78 is 9.79. The lowest BCUT2D eigenvalue weighted by atomic mass is 9.80. The topological polar surface area (TPSA) is 86.7 Å². The van der Waals surface area contributed by atoms with Crippen LogP contribution in [0.5, 0.6) is 0 Å².